The van der Waals surface area contributed by atoms with E-state index < -0.39 is 6.61 Å². The van der Waals surface area contributed by atoms with Gasteiger partial charge in [0.15, 0.2) is 5.82 Å². The first-order chi connectivity index (χ1) is 10.0. The van der Waals surface area contributed by atoms with E-state index in [9.17, 15) is 8.78 Å². The first-order valence-corrected chi connectivity index (χ1v) is 7.15. The van der Waals surface area contributed by atoms with E-state index in [1.807, 2.05) is 13.8 Å². The van der Waals surface area contributed by atoms with Crippen molar-refractivity contribution in [2.24, 2.45) is 5.10 Å². The van der Waals surface area contributed by atoms with Gasteiger partial charge in [-0.2, -0.15) is 18.6 Å². The largest absolute Gasteiger partial charge is 0.435 e. The molecule has 0 radical (unpaired) electrons. The minimum Gasteiger partial charge on any atom is -0.435 e. The molecule has 0 amide bonds. The smallest absolute Gasteiger partial charge is 0.387 e. The van der Waals surface area contributed by atoms with Gasteiger partial charge in [-0.15, -0.1) is 10.2 Å². The lowest BCUT2D eigenvalue weighted by Crippen LogP contribution is -2.21. The van der Waals surface area contributed by atoms with E-state index in [-0.39, 0.29) is 11.0 Å². The van der Waals surface area contributed by atoms with Crippen LogP contribution in [0.2, 0.25) is 0 Å². The molecular formula is C13H12F2N4OS. The summed E-state index contributed by atoms with van der Waals surface area (Å²) >= 11 is 1.56. The molecule has 0 unspecified atom stereocenters. The Kier molecular flexibility index (Phi) is 3.62. The minimum atomic E-state index is -2.82. The van der Waals surface area contributed by atoms with E-state index >= 15 is 0 Å². The maximum Gasteiger partial charge on any atom is 0.387 e. The van der Waals surface area contributed by atoms with Crippen LogP contribution in [0.15, 0.2) is 34.5 Å². The fraction of sp³-hybridized carbons (Fsp3) is 0.308. The number of hydrogen-bond acceptors (Lipinski definition) is 5. The Morgan fingerprint density at radius 1 is 1.24 bits per heavy atom. The maximum atomic E-state index is 12.1. The van der Waals surface area contributed by atoms with Crippen LogP contribution in [0, 0.1) is 6.92 Å². The summed E-state index contributed by atoms with van der Waals surface area (Å²) in [6, 6.07) is 6.46. The summed E-state index contributed by atoms with van der Waals surface area (Å²) in [5, 5.41) is 13.4. The highest BCUT2D eigenvalue weighted by Crippen LogP contribution is 2.30. The first-order valence-electron chi connectivity index (χ1n) is 6.27. The van der Waals surface area contributed by atoms with Crippen LogP contribution in [0.5, 0.6) is 5.75 Å². The lowest BCUT2D eigenvalue weighted by Gasteiger charge is -2.19. The minimum absolute atomic E-state index is 0.1000. The SMILES string of the molecule is Cc1nnc2n1N=C(c1ccc(OC(F)F)cc1)[C@H](C)S2. The molecule has 0 saturated carbocycles. The topological polar surface area (TPSA) is 52.3 Å². The van der Waals surface area contributed by atoms with E-state index in [1.165, 1.54) is 12.1 Å². The van der Waals surface area contributed by atoms with Gasteiger partial charge in [-0.25, -0.2) is 0 Å². The number of ether oxygens (including phenoxy) is 1. The average Bonchev–Trinajstić information content (AvgIpc) is 2.79. The van der Waals surface area contributed by atoms with Crippen LogP contribution in [0.4, 0.5) is 8.78 Å². The third-order valence-electron chi connectivity index (χ3n) is 3.02. The van der Waals surface area contributed by atoms with Gasteiger partial charge in [-0.1, -0.05) is 11.8 Å². The van der Waals surface area contributed by atoms with Crippen molar-refractivity contribution in [1.29, 1.82) is 0 Å². The lowest BCUT2D eigenvalue weighted by molar-refractivity contribution is -0.0498. The van der Waals surface area contributed by atoms with Crippen LogP contribution < -0.4 is 4.74 Å². The van der Waals surface area contributed by atoms with Crippen LogP contribution in [0.25, 0.3) is 0 Å². The molecule has 0 saturated heterocycles. The molecule has 21 heavy (non-hydrogen) atoms. The number of nitrogens with zero attached hydrogens (tertiary/aromatic N) is 4. The highest BCUT2D eigenvalue weighted by molar-refractivity contribution is 8.00. The number of alkyl halides is 2. The number of rotatable bonds is 3. The Hall–Kier alpha value is -1.96. The highest BCUT2D eigenvalue weighted by Gasteiger charge is 2.24. The van der Waals surface area contributed by atoms with Gasteiger partial charge in [0.25, 0.3) is 0 Å². The quantitative estimate of drug-likeness (QED) is 0.874. The van der Waals surface area contributed by atoms with E-state index in [4.69, 9.17) is 0 Å². The average molecular weight is 310 g/mol. The molecule has 8 heteroatoms. The van der Waals surface area contributed by atoms with Crippen LogP contribution in [0.1, 0.15) is 18.3 Å². The number of hydrogen-bond donors (Lipinski definition) is 0. The van der Waals surface area contributed by atoms with Crippen molar-refractivity contribution < 1.29 is 13.5 Å². The van der Waals surface area contributed by atoms with Crippen LogP contribution >= 0.6 is 11.8 Å². The van der Waals surface area contributed by atoms with Gasteiger partial charge in [0.05, 0.1) is 11.0 Å². The number of aryl methyl sites for hydroxylation is 1. The van der Waals surface area contributed by atoms with Crippen molar-refractivity contribution in [3.63, 3.8) is 0 Å². The Balaban J connectivity index is 1.92. The van der Waals surface area contributed by atoms with Crippen molar-refractivity contribution in [3.8, 4) is 5.75 Å². The van der Waals surface area contributed by atoms with Crippen molar-refractivity contribution in [3.05, 3.63) is 35.7 Å². The molecule has 2 aromatic rings. The predicted molar refractivity (Wildman–Crippen MR) is 75.1 cm³/mol. The maximum absolute atomic E-state index is 12.1. The molecule has 0 fully saturated rings. The number of halogens is 2. The van der Waals surface area contributed by atoms with Crippen LogP contribution in [0.3, 0.4) is 0 Å². The van der Waals surface area contributed by atoms with Gasteiger partial charge < -0.3 is 4.74 Å². The molecule has 1 aromatic carbocycles. The van der Waals surface area contributed by atoms with E-state index in [0.717, 1.165) is 16.4 Å². The summed E-state index contributed by atoms with van der Waals surface area (Å²) in [4.78, 5) is 0. The molecule has 1 aromatic heterocycles. The number of fused-ring (bicyclic) bond motifs is 1. The van der Waals surface area contributed by atoms with Crippen molar-refractivity contribution >= 4 is 17.5 Å². The monoisotopic (exact) mass is 310 g/mol. The summed E-state index contributed by atoms with van der Waals surface area (Å²) < 4.78 is 30.3. The van der Waals surface area contributed by atoms with Crippen molar-refractivity contribution in [2.75, 3.05) is 0 Å². The van der Waals surface area contributed by atoms with E-state index in [0.29, 0.717) is 5.82 Å². The second kappa shape index (κ2) is 5.44. The summed E-state index contributed by atoms with van der Waals surface area (Å²) in [5.74, 6) is 0.839. The fourth-order valence-electron chi connectivity index (χ4n) is 2.03. The Labute approximate surface area is 124 Å². The number of benzene rings is 1. The summed E-state index contributed by atoms with van der Waals surface area (Å²) in [6.45, 7) is 1.02. The van der Waals surface area contributed by atoms with E-state index in [1.54, 1.807) is 28.6 Å². The van der Waals surface area contributed by atoms with Gasteiger partial charge in [0.2, 0.25) is 5.16 Å². The Morgan fingerprint density at radius 2 is 1.95 bits per heavy atom. The molecule has 0 spiro atoms. The molecule has 110 valence electrons. The lowest BCUT2D eigenvalue weighted by atomic mass is 10.1. The Bertz CT molecular complexity index is 684. The molecule has 2 heterocycles. The normalized spacial score (nSPS) is 17.6. The molecule has 0 N–H and O–H groups in total. The third-order valence-corrected chi connectivity index (χ3v) is 4.06. The second-order valence-electron chi connectivity index (χ2n) is 4.49. The van der Waals surface area contributed by atoms with Gasteiger partial charge in [-0.3, -0.25) is 0 Å². The predicted octanol–water partition coefficient (Wildman–Crippen LogP) is 2.93. The molecular weight excluding hydrogens is 298 g/mol. The van der Waals surface area contributed by atoms with E-state index in [2.05, 4.69) is 20.0 Å². The molecule has 1 atom stereocenters. The molecule has 0 bridgehead atoms. The Morgan fingerprint density at radius 3 is 2.62 bits per heavy atom. The van der Waals surface area contributed by atoms with Crippen LogP contribution in [-0.4, -0.2) is 32.4 Å². The molecule has 1 aliphatic heterocycles. The van der Waals surface area contributed by atoms with Crippen molar-refractivity contribution in [1.82, 2.24) is 14.9 Å². The zero-order valence-electron chi connectivity index (χ0n) is 11.3. The van der Waals surface area contributed by atoms with Gasteiger partial charge >= 0.3 is 6.61 Å². The zero-order chi connectivity index (χ0) is 15.0. The molecule has 0 aliphatic carbocycles. The third kappa shape index (κ3) is 2.76. The highest BCUT2D eigenvalue weighted by atomic mass is 32.2. The second-order valence-corrected chi connectivity index (χ2v) is 5.80. The standard InChI is InChI=1S/C13H12F2N4OS/c1-7-11(18-19-8(2)16-17-13(19)21-7)9-3-5-10(6-4-9)20-12(14)15/h3-7,12H,1-2H3/t7-/m0/s1. The summed E-state index contributed by atoms with van der Waals surface area (Å²) in [7, 11) is 0. The van der Waals surface area contributed by atoms with Gasteiger partial charge in [0, 0.05) is 0 Å². The summed E-state index contributed by atoms with van der Waals surface area (Å²) in [6.07, 6.45) is 0. The molecule has 5 nitrogen and oxygen atoms in total. The van der Waals surface area contributed by atoms with Gasteiger partial charge in [-0.05, 0) is 43.7 Å². The fourth-order valence-corrected chi connectivity index (χ4v) is 3.00. The van der Waals surface area contributed by atoms with Crippen molar-refractivity contribution in [2.45, 2.75) is 30.9 Å². The molecule has 1 aliphatic rings. The number of thioether (sulfide) groups is 1. The molecule has 3 rings (SSSR count). The van der Waals surface area contributed by atoms with Crippen LogP contribution in [-0.2, 0) is 0 Å². The summed E-state index contributed by atoms with van der Waals surface area (Å²) in [5.41, 5.74) is 1.70. The number of aromatic nitrogens is 3. The zero-order valence-corrected chi connectivity index (χ0v) is 12.1. The first kappa shape index (κ1) is 14.0. The van der Waals surface area contributed by atoms with Gasteiger partial charge in [0.1, 0.15) is 5.75 Å².